The van der Waals surface area contributed by atoms with E-state index < -0.39 is 41.2 Å². The van der Waals surface area contributed by atoms with Crippen LogP contribution in [-0.4, -0.2) is 46.4 Å². The maximum absolute atomic E-state index is 12.2. The molecule has 2 unspecified atom stereocenters. The summed E-state index contributed by atoms with van der Waals surface area (Å²) in [5.41, 5.74) is -0.185. The van der Waals surface area contributed by atoms with Crippen molar-refractivity contribution in [2.24, 2.45) is 0 Å². The van der Waals surface area contributed by atoms with E-state index in [0.717, 1.165) is 6.07 Å². The molecule has 3 N–H and O–H groups in total. The van der Waals surface area contributed by atoms with Gasteiger partial charge in [-0.05, 0) is 24.6 Å². The first kappa shape index (κ1) is 16.3. The number of methoxy groups -OCH3 is 1. The third-order valence-electron chi connectivity index (χ3n) is 3.47. The molecule has 2 atom stereocenters. The Morgan fingerprint density at radius 3 is 2.39 bits per heavy atom. The van der Waals surface area contributed by atoms with E-state index in [1.807, 2.05) is 0 Å². The van der Waals surface area contributed by atoms with Crippen molar-refractivity contribution in [1.29, 1.82) is 0 Å². The average Bonchev–Trinajstić information content (AvgIpc) is 2.45. The largest absolute Gasteiger partial charge is 0.507 e. The second kappa shape index (κ2) is 5.99. The number of aliphatic carboxylic acids is 1. The Balaban J connectivity index is 2.63. The summed E-state index contributed by atoms with van der Waals surface area (Å²) in [6.45, 7) is 1.49. The fourth-order valence-corrected chi connectivity index (χ4v) is 2.44. The van der Waals surface area contributed by atoms with Crippen LogP contribution in [0.25, 0.3) is 0 Å². The fraction of sp³-hybridized carbons (Fsp3) is 0.267. The zero-order valence-corrected chi connectivity index (χ0v) is 12.3. The molecule has 8 heteroatoms. The molecule has 1 heterocycles. The summed E-state index contributed by atoms with van der Waals surface area (Å²) >= 11 is 0. The molecule has 1 aliphatic rings. The first-order valence-corrected chi connectivity index (χ1v) is 6.52. The molecule has 0 amide bonds. The highest BCUT2D eigenvalue weighted by Gasteiger charge is 2.37. The summed E-state index contributed by atoms with van der Waals surface area (Å²) in [6.07, 6.45) is -0.206. The van der Waals surface area contributed by atoms with Gasteiger partial charge in [-0.2, -0.15) is 0 Å². The molecule has 0 aliphatic carbocycles. The van der Waals surface area contributed by atoms with Gasteiger partial charge in [-0.3, -0.25) is 4.79 Å². The van der Waals surface area contributed by atoms with Crippen molar-refractivity contribution in [2.45, 2.75) is 18.9 Å². The first-order chi connectivity index (χ1) is 10.8. The smallest absolute Gasteiger partial charge is 0.349 e. The monoisotopic (exact) mass is 322 g/mol. The summed E-state index contributed by atoms with van der Waals surface area (Å²) in [6, 6.07) is 2.41. The van der Waals surface area contributed by atoms with E-state index in [4.69, 9.17) is 14.6 Å². The van der Waals surface area contributed by atoms with Gasteiger partial charge in [-0.1, -0.05) is 5.57 Å². The van der Waals surface area contributed by atoms with Gasteiger partial charge in [0.1, 0.15) is 23.0 Å². The van der Waals surface area contributed by atoms with Gasteiger partial charge >= 0.3 is 17.9 Å². The molecule has 0 fully saturated rings. The first-order valence-electron chi connectivity index (χ1n) is 6.52. The van der Waals surface area contributed by atoms with E-state index in [2.05, 4.69) is 0 Å². The number of hydrogen-bond acceptors (Lipinski definition) is 6. The number of cyclic esters (lactones) is 1. The Morgan fingerprint density at radius 1 is 1.26 bits per heavy atom. The second-order valence-corrected chi connectivity index (χ2v) is 4.96. The van der Waals surface area contributed by atoms with Crippen molar-refractivity contribution in [3.8, 4) is 11.5 Å². The van der Waals surface area contributed by atoms with Crippen LogP contribution in [0.4, 0.5) is 0 Å². The predicted molar refractivity (Wildman–Crippen MR) is 75.6 cm³/mol. The van der Waals surface area contributed by atoms with Crippen molar-refractivity contribution in [3.05, 3.63) is 34.9 Å². The number of ether oxygens (including phenoxy) is 2. The summed E-state index contributed by atoms with van der Waals surface area (Å²) in [5.74, 6) is -5.22. The van der Waals surface area contributed by atoms with Crippen LogP contribution < -0.4 is 4.74 Å². The van der Waals surface area contributed by atoms with Gasteiger partial charge in [0, 0.05) is 6.07 Å². The summed E-state index contributed by atoms with van der Waals surface area (Å²) in [5, 5.41) is 28.1. The number of carbonyl (C=O) groups excluding carboxylic acids is 1. The van der Waals surface area contributed by atoms with E-state index in [0.29, 0.717) is 5.57 Å². The van der Waals surface area contributed by atoms with Gasteiger partial charge in [0.15, 0.2) is 0 Å². The maximum atomic E-state index is 12.2. The van der Waals surface area contributed by atoms with Gasteiger partial charge in [-0.15, -0.1) is 0 Å². The van der Waals surface area contributed by atoms with E-state index in [9.17, 15) is 24.6 Å². The molecule has 0 saturated carbocycles. The molecule has 23 heavy (non-hydrogen) atoms. The zero-order valence-electron chi connectivity index (χ0n) is 12.3. The summed E-state index contributed by atoms with van der Waals surface area (Å²) < 4.78 is 9.78. The van der Waals surface area contributed by atoms with Gasteiger partial charge < -0.3 is 24.8 Å². The molecule has 0 saturated heterocycles. The topological polar surface area (TPSA) is 130 Å². The van der Waals surface area contributed by atoms with Crippen LogP contribution in [-0.2, 0) is 14.3 Å². The third kappa shape index (κ3) is 2.96. The number of hydrogen-bond donors (Lipinski definition) is 3. The minimum atomic E-state index is -1.43. The Bertz CT molecular complexity index is 718. The lowest BCUT2D eigenvalue weighted by Gasteiger charge is -2.26. The summed E-state index contributed by atoms with van der Waals surface area (Å²) in [7, 11) is 1.32. The molecule has 1 aliphatic heterocycles. The number of benzene rings is 1. The number of aromatic carboxylic acids is 1. The van der Waals surface area contributed by atoms with Crippen LogP contribution >= 0.6 is 0 Å². The lowest BCUT2D eigenvalue weighted by atomic mass is 9.86. The molecule has 0 spiro atoms. The number of esters is 1. The standard InChI is InChI=1S/C15H14O8/c1-6-3-10(13(17)18)23-15(21)11(6)8-4-7(22-2)5-9(16)12(8)14(19)20/h3-5,10-11,16H,1-2H3,(H,17,18)(H,19,20). The van der Waals surface area contributed by atoms with Crippen LogP contribution in [0, 0.1) is 0 Å². The molecular formula is C15H14O8. The minimum absolute atomic E-state index is 0.0306. The van der Waals surface area contributed by atoms with Crippen molar-refractivity contribution < 1.29 is 39.2 Å². The molecule has 0 aromatic heterocycles. The molecule has 2 rings (SSSR count). The lowest BCUT2D eigenvalue weighted by molar-refractivity contribution is -0.162. The van der Waals surface area contributed by atoms with E-state index >= 15 is 0 Å². The fourth-order valence-electron chi connectivity index (χ4n) is 2.44. The van der Waals surface area contributed by atoms with E-state index in [1.54, 1.807) is 0 Å². The van der Waals surface area contributed by atoms with Gasteiger partial charge in [0.2, 0.25) is 6.10 Å². The highest BCUT2D eigenvalue weighted by atomic mass is 16.6. The van der Waals surface area contributed by atoms with Gasteiger partial charge in [0.25, 0.3) is 0 Å². The van der Waals surface area contributed by atoms with Gasteiger partial charge in [0.05, 0.1) is 7.11 Å². The lowest BCUT2D eigenvalue weighted by Crippen LogP contribution is -2.34. The van der Waals surface area contributed by atoms with Crippen LogP contribution in [0.5, 0.6) is 11.5 Å². The highest BCUT2D eigenvalue weighted by molar-refractivity contribution is 5.97. The maximum Gasteiger partial charge on any atom is 0.349 e. The van der Waals surface area contributed by atoms with Crippen molar-refractivity contribution >= 4 is 17.9 Å². The Kier molecular flexibility index (Phi) is 4.26. The van der Waals surface area contributed by atoms with E-state index in [-0.39, 0.29) is 11.3 Å². The number of aromatic hydroxyl groups is 1. The van der Waals surface area contributed by atoms with Crippen LogP contribution in [0.15, 0.2) is 23.8 Å². The second-order valence-electron chi connectivity index (χ2n) is 4.96. The average molecular weight is 322 g/mol. The summed E-state index contributed by atoms with van der Waals surface area (Å²) in [4.78, 5) is 34.5. The van der Waals surface area contributed by atoms with E-state index in [1.165, 1.54) is 26.2 Å². The van der Waals surface area contributed by atoms with Crippen LogP contribution in [0.2, 0.25) is 0 Å². The number of carboxylic acid groups (broad SMARTS) is 2. The van der Waals surface area contributed by atoms with Gasteiger partial charge in [-0.25, -0.2) is 9.59 Å². The van der Waals surface area contributed by atoms with Crippen molar-refractivity contribution in [3.63, 3.8) is 0 Å². The molecule has 1 aromatic rings. The normalized spacial score (nSPS) is 20.4. The molecule has 122 valence electrons. The Hall–Kier alpha value is -3.03. The number of carboxylic acids is 2. The highest BCUT2D eigenvalue weighted by Crippen LogP contribution is 2.38. The number of carbonyl (C=O) groups is 3. The SMILES string of the molecule is COc1cc(O)c(C(=O)O)c(C2C(=O)OC(C(=O)O)C=C2C)c1. The van der Waals surface area contributed by atoms with Crippen LogP contribution in [0.3, 0.4) is 0 Å². The van der Waals surface area contributed by atoms with Crippen LogP contribution in [0.1, 0.15) is 28.8 Å². The number of rotatable bonds is 4. The number of phenols is 1. The third-order valence-corrected chi connectivity index (χ3v) is 3.47. The molecule has 0 bridgehead atoms. The molecule has 8 nitrogen and oxygen atoms in total. The molecule has 1 aromatic carbocycles. The predicted octanol–water partition coefficient (Wildman–Crippen LogP) is 1.14. The Labute approximate surface area is 130 Å². The zero-order chi connectivity index (χ0) is 17.3. The Morgan fingerprint density at radius 2 is 1.91 bits per heavy atom. The quantitative estimate of drug-likeness (QED) is 0.555. The molecular weight excluding hydrogens is 308 g/mol. The van der Waals surface area contributed by atoms with Crippen molar-refractivity contribution in [1.82, 2.24) is 0 Å². The minimum Gasteiger partial charge on any atom is -0.507 e. The molecule has 0 radical (unpaired) electrons. The van der Waals surface area contributed by atoms with Crippen molar-refractivity contribution in [2.75, 3.05) is 7.11 Å².